The highest BCUT2D eigenvalue weighted by molar-refractivity contribution is 8.17. The monoisotopic (exact) mass is 658 g/mol. The molecule has 2 atom stereocenters. The Kier molecular flexibility index (Phi) is 9.90. The zero-order valence-electron chi connectivity index (χ0n) is 22.1. The van der Waals surface area contributed by atoms with Gasteiger partial charge in [0.1, 0.15) is 17.1 Å². The van der Waals surface area contributed by atoms with Crippen LogP contribution in [-0.2, 0) is 23.9 Å². The van der Waals surface area contributed by atoms with Gasteiger partial charge < -0.3 is 10.1 Å². The Morgan fingerprint density at radius 1 is 1.02 bits per heavy atom. The summed E-state index contributed by atoms with van der Waals surface area (Å²) in [5.74, 6) is -1.20. The Morgan fingerprint density at radius 2 is 1.67 bits per heavy atom. The number of nitrogens with zero attached hydrogens (tertiary/aromatic N) is 1. The molecule has 0 saturated carbocycles. The molecule has 2 heterocycles. The number of hydrogen-bond acceptors (Lipinski definition) is 8. The van der Waals surface area contributed by atoms with Crippen LogP contribution in [0.15, 0.2) is 94.4 Å². The molecule has 0 radical (unpaired) electrons. The molecule has 5 rings (SSSR count). The normalized spacial score (nSPS) is 17.9. The van der Waals surface area contributed by atoms with E-state index in [1.165, 1.54) is 35.3 Å². The maximum atomic E-state index is 13.8. The number of esters is 1. The van der Waals surface area contributed by atoms with E-state index in [0.29, 0.717) is 25.6 Å². The number of carbonyl (C=O) groups excluding carboxylic acids is 4. The fourth-order valence-corrected chi connectivity index (χ4v) is 8.09. The van der Waals surface area contributed by atoms with E-state index >= 15 is 0 Å². The van der Waals surface area contributed by atoms with Crippen molar-refractivity contribution in [1.82, 2.24) is 10.2 Å². The van der Waals surface area contributed by atoms with Crippen LogP contribution in [0.3, 0.4) is 0 Å². The number of ether oxygens (including phenoxy) is 1. The van der Waals surface area contributed by atoms with Crippen LogP contribution in [0.2, 0.25) is 10.0 Å². The van der Waals surface area contributed by atoms with Crippen LogP contribution in [0.1, 0.15) is 24.2 Å². The lowest BCUT2D eigenvalue weighted by Gasteiger charge is -2.49. The number of β-lactam (4-membered cyclic amide) rings is 1. The third-order valence-electron chi connectivity index (χ3n) is 6.39. The molecule has 216 valence electrons. The minimum atomic E-state index is -0.830. The molecule has 42 heavy (non-hydrogen) atoms. The summed E-state index contributed by atoms with van der Waals surface area (Å²) < 4.78 is 6.06. The number of hydrogen-bond donors (Lipinski definition) is 1. The summed E-state index contributed by atoms with van der Waals surface area (Å²) in [6, 6.07) is 22.8. The Balaban J connectivity index is 1.34. The Bertz CT molecular complexity index is 1520. The minimum absolute atomic E-state index is 0.0211. The molecule has 2 aliphatic heterocycles. The predicted octanol–water partition coefficient (Wildman–Crippen LogP) is 6.31. The summed E-state index contributed by atoms with van der Waals surface area (Å²) in [5, 5.41) is 3.01. The number of rotatable bonds is 9. The van der Waals surface area contributed by atoms with Crippen LogP contribution < -0.4 is 5.32 Å². The molecule has 3 aromatic carbocycles. The van der Waals surface area contributed by atoms with Crippen molar-refractivity contribution in [3.05, 3.63) is 111 Å². The van der Waals surface area contributed by atoms with Crippen molar-refractivity contribution in [1.29, 1.82) is 0 Å². The Labute approximate surface area is 265 Å². The summed E-state index contributed by atoms with van der Waals surface area (Å²) in [6.07, 6.45) is -0.730. The fraction of sp³-hybridized carbons (Fsp3) is 0.200. The van der Waals surface area contributed by atoms with Crippen molar-refractivity contribution in [2.45, 2.75) is 29.3 Å². The lowest BCUT2D eigenvalue weighted by Crippen LogP contribution is -2.70. The number of nitrogens with one attached hydrogen (secondary N) is 1. The first-order valence-electron chi connectivity index (χ1n) is 12.8. The van der Waals surface area contributed by atoms with Crippen molar-refractivity contribution < 1.29 is 23.9 Å². The Morgan fingerprint density at radius 3 is 2.29 bits per heavy atom. The van der Waals surface area contributed by atoms with Crippen LogP contribution in [0.5, 0.6) is 0 Å². The van der Waals surface area contributed by atoms with E-state index in [9.17, 15) is 19.2 Å². The number of thioether (sulfide) groups is 3. The van der Waals surface area contributed by atoms with Gasteiger partial charge in [0.15, 0.2) is 11.2 Å². The SMILES string of the molecule is CC(=O)SC1=C(C(=O)OC(c2ccccc2)c2ccccc2)N2C(=O)[C@@H](NC(=O)CSc3cc(Cl)ccc3Cl)[C@H]2SC1. The van der Waals surface area contributed by atoms with Gasteiger partial charge in [0, 0.05) is 27.5 Å². The maximum absolute atomic E-state index is 13.8. The number of carbonyl (C=O) groups is 4. The zero-order valence-corrected chi connectivity index (χ0v) is 26.1. The molecule has 1 fully saturated rings. The molecule has 1 N–H and O–H groups in total. The van der Waals surface area contributed by atoms with Crippen LogP contribution in [0, 0.1) is 0 Å². The predicted molar refractivity (Wildman–Crippen MR) is 168 cm³/mol. The number of benzene rings is 3. The van der Waals surface area contributed by atoms with Crippen LogP contribution >= 0.6 is 58.5 Å². The van der Waals surface area contributed by atoms with Gasteiger partial charge in [-0.3, -0.25) is 19.3 Å². The summed E-state index contributed by atoms with van der Waals surface area (Å²) in [5.41, 5.74) is 1.56. The van der Waals surface area contributed by atoms with Gasteiger partial charge in [0.25, 0.3) is 5.91 Å². The highest BCUT2D eigenvalue weighted by Crippen LogP contribution is 2.44. The molecular weight excluding hydrogens is 635 g/mol. The van der Waals surface area contributed by atoms with Gasteiger partial charge in [-0.1, -0.05) is 95.6 Å². The van der Waals surface area contributed by atoms with E-state index in [1.807, 2.05) is 60.7 Å². The van der Waals surface area contributed by atoms with Crippen LogP contribution in [-0.4, -0.2) is 50.7 Å². The first-order valence-corrected chi connectivity index (χ1v) is 16.4. The topological polar surface area (TPSA) is 92.8 Å². The van der Waals surface area contributed by atoms with Gasteiger partial charge in [0.05, 0.1) is 10.8 Å². The van der Waals surface area contributed by atoms with E-state index < -0.39 is 29.4 Å². The molecular formula is C30H24Cl2N2O5S3. The Hall–Kier alpha value is -2.89. The van der Waals surface area contributed by atoms with Crippen molar-refractivity contribution in [3.8, 4) is 0 Å². The summed E-state index contributed by atoms with van der Waals surface area (Å²) in [6.45, 7) is 1.40. The van der Waals surface area contributed by atoms with Crippen LogP contribution in [0.4, 0.5) is 0 Å². The van der Waals surface area contributed by atoms with E-state index in [2.05, 4.69) is 5.32 Å². The van der Waals surface area contributed by atoms with Gasteiger partial charge >= 0.3 is 5.97 Å². The second-order valence-electron chi connectivity index (χ2n) is 9.29. The maximum Gasteiger partial charge on any atom is 0.356 e. The molecule has 7 nitrogen and oxygen atoms in total. The van der Waals surface area contributed by atoms with Gasteiger partial charge in [-0.05, 0) is 29.3 Å². The quantitative estimate of drug-likeness (QED) is 0.162. The lowest BCUT2D eigenvalue weighted by atomic mass is 10.0. The third-order valence-corrected chi connectivity index (χ3v) is 10.5. The first kappa shape index (κ1) is 30.6. The fourth-order valence-electron chi connectivity index (χ4n) is 4.53. The average molecular weight is 660 g/mol. The lowest BCUT2D eigenvalue weighted by molar-refractivity contribution is -0.154. The van der Waals surface area contributed by atoms with Crippen molar-refractivity contribution in [3.63, 3.8) is 0 Å². The van der Waals surface area contributed by atoms with Gasteiger partial charge in [0.2, 0.25) is 5.91 Å². The number of halogens is 2. The second kappa shape index (κ2) is 13.6. The van der Waals surface area contributed by atoms with Crippen LogP contribution in [0.25, 0.3) is 0 Å². The molecule has 0 aromatic heterocycles. The van der Waals surface area contributed by atoms with E-state index in [4.69, 9.17) is 27.9 Å². The number of fused-ring (bicyclic) bond motifs is 1. The smallest absolute Gasteiger partial charge is 0.356 e. The van der Waals surface area contributed by atoms with Crippen molar-refractivity contribution in [2.24, 2.45) is 0 Å². The average Bonchev–Trinajstić information content (AvgIpc) is 2.99. The van der Waals surface area contributed by atoms with E-state index in [-0.39, 0.29) is 22.5 Å². The van der Waals surface area contributed by atoms with Crippen molar-refractivity contribution >= 4 is 81.4 Å². The van der Waals surface area contributed by atoms with Gasteiger partial charge in [-0.15, -0.1) is 23.5 Å². The standard InChI is InChI=1S/C30H24Cl2N2O5S3/c1-17(35)42-23-15-41-29-25(33-24(36)16-40-22-14-20(31)12-13-21(22)32)28(37)34(29)26(23)30(38)39-27(18-8-4-2-5-9-18)19-10-6-3-7-11-19/h2-14,25,27,29H,15-16H2,1H3,(H,33,36)/t25-,29-/m1/s1. The highest BCUT2D eigenvalue weighted by Gasteiger charge is 2.55. The molecule has 0 spiro atoms. The molecule has 2 aliphatic rings. The molecule has 1 saturated heterocycles. The van der Waals surface area contributed by atoms with Gasteiger partial charge in [-0.2, -0.15) is 0 Å². The molecule has 0 aliphatic carbocycles. The zero-order chi connectivity index (χ0) is 29.8. The van der Waals surface area contributed by atoms with Gasteiger partial charge in [-0.25, -0.2) is 4.79 Å². The first-order chi connectivity index (χ1) is 20.2. The van der Waals surface area contributed by atoms with Crippen molar-refractivity contribution in [2.75, 3.05) is 11.5 Å². The molecule has 0 unspecified atom stereocenters. The summed E-state index contributed by atoms with van der Waals surface area (Å²) >= 11 is 15.7. The molecule has 2 amide bonds. The number of amides is 2. The largest absolute Gasteiger partial charge is 0.448 e. The van der Waals surface area contributed by atoms with E-state index in [1.54, 1.807) is 18.2 Å². The third kappa shape index (κ3) is 6.84. The molecule has 12 heteroatoms. The summed E-state index contributed by atoms with van der Waals surface area (Å²) in [4.78, 5) is 54.5. The second-order valence-corrected chi connectivity index (χ2v) is 13.5. The van der Waals surface area contributed by atoms with E-state index in [0.717, 1.165) is 22.9 Å². The molecule has 3 aromatic rings. The molecule has 0 bridgehead atoms. The summed E-state index contributed by atoms with van der Waals surface area (Å²) in [7, 11) is 0. The highest BCUT2D eigenvalue weighted by atomic mass is 35.5. The minimum Gasteiger partial charge on any atom is -0.448 e.